The highest BCUT2D eigenvalue weighted by molar-refractivity contribution is 5.30. The van der Waals surface area contributed by atoms with Gasteiger partial charge in [-0.3, -0.25) is 0 Å². The maximum atomic E-state index is 13.9. The minimum atomic E-state index is -0.816. The van der Waals surface area contributed by atoms with Crippen molar-refractivity contribution >= 4 is 6.01 Å². The molecule has 0 unspecified atom stereocenters. The summed E-state index contributed by atoms with van der Waals surface area (Å²) < 4.78 is 19.4. The zero-order valence-electron chi connectivity index (χ0n) is 13.4. The van der Waals surface area contributed by atoms with Crippen molar-refractivity contribution < 1.29 is 8.81 Å². The summed E-state index contributed by atoms with van der Waals surface area (Å²) in [6.45, 7) is 4.01. The molecule has 2 aliphatic rings. The Bertz CT molecular complexity index is 518. The molecule has 0 aromatic carbocycles. The smallest absolute Gasteiger partial charge is 0.318 e. The normalized spacial score (nSPS) is 28.7. The number of likely N-dealkylation sites (N-methyl/N-ethyl adjacent to an activating group) is 1. The summed E-state index contributed by atoms with van der Waals surface area (Å²) in [5.41, 5.74) is 0. The van der Waals surface area contributed by atoms with E-state index in [4.69, 9.17) is 4.42 Å². The first-order valence-electron chi connectivity index (χ1n) is 8.16. The number of alkyl halides is 1. The van der Waals surface area contributed by atoms with Crippen LogP contribution >= 0.6 is 0 Å². The molecule has 1 aliphatic heterocycles. The van der Waals surface area contributed by atoms with Gasteiger partial charge in [0.25, 0.3) is 0 Å². The number of halogens is 1. The summed E-state index contributed by atoms with van der Waals surface area (Å²) >= 11 is 0. The Morgan fingerprint density at radius 2 is 2.23 bits per heavy atom. The molecule has 3 rings (SSSR count). The Labute approximate surface area is 131 Å². The van der Waals surface area contributed by atoms with Gasteiger partial charge in [-0.25, -0.2) is 4.39 Å². The van der Waals surface area contributed by atoms with E-state index in [0.717, 1.165) is 25.4 Å². The zero-order chi connectivity index (χ0) is 15.5. The average Bonchev–Trinajstić information content (AvgIpc) is 3.06. The number of nitrogens with zero attached hydrogens (tertiary/aromatic N) is 4. The third-order valence-corrected chi connectivity index (χ3v) is 4.59. The first-order chi connectivity index (χ1) is 10.6. The number of anilines is 1. The van der Waals surface area contributed by atoms with Gasteiger partial charge in [0, 0.05) is 32.5 Å². The van der Waals surface area contributed by atoms with Crippen molar-refractivity contribution in [3.63, 3.8) is 0 Å². The number of rotatable bonds is 5. The van der Waals surface area contributed by atoms with Crippen LogP contribution in [0.25, 0.3) is 0 Å². The van der Waals surface area contributed by atoms with E-state index in [2.05, 4.69) is 34.3 Å². The van der Waals surface area contributed by atoms with Gasteiger partial charge in [0.2, 0.25) is 5.89 Å². The lowest BCUT2D eigenvalue weighted by Crippen LogP contribution is -2.40. The molecule has 0 radical (unpaired) electrons. The summed E-state index contributed by atoms with van der Waals surface area (Å²) in [6.07, 6.45) is 7.86. The quantitative estimate of drug-likeness (QED) is 0.782. The molecule has 1 fully saturated rings. The molecule has 2 heterocycles. The largest absolute Gasteiger partial charge is 0.408 e. The van der Waals surface area contributed by atoms with Crippen LogP contribution in [-0.4, -0.2) is 54.0 Å². The van der Waals surface area contributed by atoms with Crippen LogP contribution in [0.2, 0.25) is 0 Å². The van der Waals surface area contributed by atoms with E-state index in [1.54, 1.807) is 6.92 Å². The molecule has 0 N–H and O–H groups in total. The van der Waals surface area contributed by atoms with Gasteiger partial charge in [0.05, 0.1) is 6.54 Å². The fourth-order valence-electron chi connectivity index (χ4n) is 3.57. The van der Waals surface area contributed by atoms with Gasteiger partial charge in [0.1, 0.15) is 6.17 Å². The highest BCUT2D eigenvalue weighted by atomic mass is 19.1. The minimum absolute atomic E-state index is 0.110. The van der Waals surface area contributed by atoms with Crippen LogP contribution in [0.4, 0.5) is 10.4 Å². The molecule has 1 aliphatic carbocycles. The van der Waals surface area contributed by atoms with Gasteiger partial charge in [-0.05, 0) is 32.2 Å². The molecular formula is C16H25FN4O. The molecule has 3 atom stereocenters. The zero-order valence-corrected chi connectivity index (χ0v) is 13.4. The molecule has 5 nitrogen and oxygen atoms in total. The average molecular weight is 308 g/mol. The molecule has 6 heteroatoms. The fraction of sp³-hybridized carbons (Fsp3) is 0.750. The predicted molar refractivity (Wildman–Crippen MR) is 83.7 cm³/mol. The third kappa shape index (κ3) is 3.66. The van der Waals surface area contributed by atoms with Gasteiger partial charge in [-0.15, -0.1) is 5.10 Å². The SMILES string of the molecule is Cc1nnc(N2C[C@@H](F)C[C@H]2CN(C)C[C@@H]2CC=CCC2)o1. The standard InChI is InChI=1S/C16H25FN4O/c1-12-18-19-16(22-12)21-10-14(17)8-15(21)11-20(2)9-13-6-4-3-5-7-13/h3-4,13-15H,5-11H2,1-2H3/t13-,14+,15+/m1/s1. The summed E-state index contributed by atoms with van der Waals surface area (Å²) in [7, 11) is 2.13. The summed E-state index contributed by atoms with van der Waals surface area (Å²) in [6, 6.07) is 0.565. The first kappa shape index (κ1) is 15.5. The topological polar surface area (TPSA) is 45.4 Å². The van der Waals surface area contributed by atoms with E-state index in [-0.39, 0.29) is 6.04 Å². The van der Waals surface area contributed by atoms with E-state index < -0.39 is 6.17 Å². The Morgan fingerprint density at radius 3 is 2.91 bits per heavy atom. The Balaban J connectivity index is 1.58. The number of aromatic nitrogens is 2. The lowest BCUT2D eigenvalue weighted by Gasteiger charge is -2.30. The van der Waals surface area contributed by atoms with Gasteiger partial charge >= 0.3 is 6.01 Å². The van der Waals surface area contributed by atoms with Crippen LogP contribution in [0.15, 0.2) is 16.6 Å². The molecule has 1 aromatic heterocycles. The van der Waals surface area contributed by atoms with Crippen LogP contribution in [-0.2, 0) is 0 Å². The second-order valence-electron chi connectivity index (χ2n) is 6.61. The van der Waals surface area contributed by atoms with Gasteiger partial charge in [-0.1, -0.05) is 17.3 Å². The molecular weight excluding hydrogens is 283 g/mol. The summed E-state index contributed by atoms with van der Waals surface area (Å²) in [5.74, 6) is 1.25. The fourth-order valence-corrected chi connectivity index (χ4v) is 3.57. The third-order valence-electron chi connectivity index (χ3n) is 4.59. The van der Waals surface area contributed by atoms with Gasteiger partial charge < -0.3 is 14.2 Å². The van der Waals surface area contributed by atoms with Crippen LogP contribution in [0.5, 0.6) is 0 Å². The molecule has 122 valence electrons. The van der Waals surface area contributed by atoms with Crippen molar-refractivity contribution in [3.8, 4) is 0 Å². The van der Waals surface area contributed by atoms with Crippen molar-refractivity contribution in [2.45, 2.75) is 44.8 Å². The van der Waals surface area contributed by atoms with Crippen molar-refractivity contribution in [2.75, 3.05) is 31.6 Å². The van der Waals surface area contributed by atoms with Crippen LogP contribution in [0, 0.1) is 12.8 Å². The second-order valence-corrected chi connectivity index (χ2v) is 6.61. The number of hydrogen-bond acceptors (Lipinski definition) is 5. The van der Waals surface area contributed by atoms with E-state index in [9.17, 15) is 4.39 Å². The Hall–Kier alpha value is -1.43. The van der Waals surface area contributed by atoms with E-state index in [1.807, 2.05) is 4.90 Å². The van der Waals surface area contributed by atoms with Crippen LogP contribution in [0.1, 0.15) is 31.6 Å². The minimum Gasteiger partial charge on any atom is -0.408 e. The van der Waals surface area contributed by atoms with Crippen molar-refractivity contribution in [1.29, 1.82) is 0 Å². The molecule has 1 saturated heterocycles. The predicted octanol–water partition coefficient (Wildman–Crippen LogP) is 2.58. The number of allylic oxidation sites excluding steroid dienone is 2. The Kier molecular flexibility index (Phi) is 4.76. The maximum absolute atomic E-state index is 13.9. The highest BCUT2D eigenvalue weighted by Crippen LogP contribution is 2.27. The van der Waals surface area contributed by atoms with Crippen molar-refractivity contribution in [2.24, 2.45) is 5.92 Å². The van der Waals surface area contributed by atoms with Crippen LogP contribution < -0.4 is 4.90 Å². The van der Waals surface area contributed by atoms with Crippen molar-refractivity contribution in [3.05, 3.63) is 18.0 Å². The van der Waals surface area contributed by atoms with Crippen molar-refractivity contribution in [1.82, 2.24) is 15.1 Å². The first-order valence-corrected chi connectivity index (χ1v) is 8.16. The molecule has 0 bridgehead atoms. The second kappa shape index (κ2) is 6.77. The van der Waals surface area contributed by atoms with E-state index in [1.165, 1.54) is 12.8 Å². The van der Waals surface area contributed by atoms with Gasteiger partial charge in [0.15, 0.2) is 0 Å². The molecule has 0 spiro atoms. The molecule has 0 amide bonds. The lowest BCUT2D eigenvalue weighted by atomic mass is 9.94. The monoisotopic (exact) mass is 308 g/mol. The molecule has 0 saturated carbocycles. The molecule has 1 aromatic rings. The highest BCUT2D eigenvalue weighted by Gasteiger charge is 2.35. The summed E-state index contributed by atoms with van der Waals surface area (Å²) in [5, 5.41) is 7.91. The summed E-state index contributed by atoms with van der Waals surface area (Å²) in [4.78, 5) is 4.25. The van der Waals surface area contributed by atoms with E-state index >= 15 is 0 Å². The molecule has 22 heavy (non-hydrogen) atoms. The van der Waals surface area contributed by atoms with Gasteiger partial charge in [-0.2, -0.15) is 0 Å². The van der Waals surface area contributed by atoms with E-state index in [0.29, 0.717) is 24.9 Å². The lowest BCUT2D eigenvalue weighted by molar-refractivity contribution is 0.245. The number of aryl methyl sites for hydroxylation is 1. The Morgan fingerprint density at radius 1 is 1.36 bits per heavy atom. The number of hydrogen-bond donors (Lipinski definition) is 0. The van der Waals surface area contributed by atoms with Crippen LogP contribution in [0.3, 0.4) is 0 Å². The maximum Gasteiger partial charge on any atom is 0.318 e.